The van der Waals surface area contributed by atoms with Crippen LogP contribution in [0.15, 0.2) is 0 Å². The van der Waals surface area contributed by atoms with E-state index < -0.39 is 12.1 Å². The highest BCUT2D eigenvalue weighted by atomic mass is 32.2. The Morgan fingerprint density at radius 2 is 2.10 bits per heavy atom. The molecular formula is C13H24N2O5S. The monoisotopic (exact) mass is 320 g/mol. The van der Waals surface area contributed by atoms with Crippen LogP contribution in [0, 0.1) is 0 Å². The van der Waals surface area contributed by atoms with Crippen LogP contribution in [0.1, 0.15) is 32.6 Å². The molecule has 5 N–H and O–H groups in total. The Bertz CT molecular complexity index is 353. The number of carbonyl (C=O) groups excluding carboxylic acids is 1. The fourth-order valence-electron chi connectivity index (χ4n) is 2.26. The molecule has 0 saturated carbocycles. The number of carbonyl (C=O) groups is 2. The van der Waals surface area contributed by atoms with Gasteiger partial charge in [-0.15, -0.1) is 0 Å². The van der Waals surface area contributed by atoms with Crippen LogP contribution in [0.3, 0.4) is 0 Å². The summed E-state index contributed by atoms with van der Waals surface area (Å²) in [6, 6.07) is 0.440. The molecular weight excluding hydrogens is 296 g/mol. The Balaban J connectivity index is 0.000000383. The lowest BCUT2D eigenvalue weighted by Gasteiger charge is -2.16. The van der Waals surface area contributed by atoms with Gasteiger partial charge in [-0.1, -0.05) is 6.42 Å². The van der Waals surface area contributed by atoms with Crippen LogP contribution >= 0.6 is 11.8 Å². The van der Waals surface area contributed by atoms with E-state index in [9.17, 15) is 9.59 Å². The number of aliphatic hydroxyl groups excluding tert-OH is 2. The molecule has 0 aliphatic carbocycles. The van der Waals surface area contributed by atoms with Crippen LogP contribution in [0.25, 0.3) is 0 Å². The minimum absolute atomic E-state index is 0.0640. The van der Waals surface area contributed by atoms with Gasteiger partial charge in [0.2, 0.25) is 0 Å². The summed E-state index contributed by atoms with van der Waals surface area (Å²) in [5.74, 6) is 0.236. The number of urea groups is 1. The second-order valence-electron chi connectivity index (χ2n) is 5.29. The number of nitrogens with one attached hydrogen (secondary N) is 2. The van der Waals surface area contributed by atoms with Crippen molar-refractivity contribution in [1.82, 2.24) is 10.6 Å². The van der Waals surface area contributed by atoms with Crippen molar-refractivity contribution in [1.29, 1.82) is 0 Å². The molecule has 4 atom stereocenters. The fourth-order valence-corrected chi connectivity index (χ4v) is 3.81. The number of hydrogen-bond donors (Lipinski definition) is 5. The first kappa shape index (κ1) is 18.1. The summed E-state index contributed by atoms with van der Waals surface area (Å²) in [5.41, 5.74) is 0. The number of rotatable bonds is 6. The van der Waals surface area contributed by atoms with Gasteiger partial charge < -0.3 is 26.0 Å². The summed E-state index contributed by atoms with van der Waals surface area (Å²) < 4.78 is 0. The highest BCUT2D eigenvalue weighted by molar-refractivity contribution is 8.00. The van der Waals surface area contributed by atoms with E-state index in [1.54, 1.807) is 0 Å². The fraction of sp³-hybridized carbons (Fsp3) is 0.846. The van der Waals surface area contributed by atoms with Crippen molar-refractivity contribution in [2.75, 3.05) is 12.4 Å². The van der Waals surface area contributed by atoms with Crippen molar-refractivity contribution in [2.45, 2.75) is 56.0 Å². The molecule has 8 heteroatoms. The third kappa shape index (κ3) is 6.54. The number of thioether (sulfide) groups is 1. The Morgan fingerprint density at radius 3 is 2.67 bits per heavy atom. The molecule has 0 bridgehead atoms. The summed E-state index contributed by atoms with van der Waals surface area (Å²) in [7, 11) is 0. The normalized spacial score (nSPS) is 28.0. The molecule has 21 heavy (non-hydrogen) atoms. The van der Waals surface area contributed by atoms with Gasteiger partial charge >= 0.3 is 12.0 Å². The molecule has 2 aliphatic heterocycles. The molecule has 0 aromatic carbocycles. The van der Waals surface area contributed by atoms with E-state index in [-0.39, 0.29) is 31.1 Å². The maximum atomic E-state index is 11.1. The molecule has 2 rings (SSSR count). The summed E-state index contributed by atoms with van der Waals surface area (Å²) in [6.07, 6.45) is 2.32. The Morgan fingerprint density at radius 1 is 1.43 bits per heavy atom. The van der Waals surface area contributed by atoms with Crippen LogP contribution in [-0.2, 0) is 4.79 Å². The van der Waals surface area contributed by atoms with Gasteiger partial charge in [-0.3, -0.25) is 4.79 Å². The van der Waals surface area contributed by atoms with Crippen molar-refractivity contribution in [3.05, 3.63) is 0 Å². The number of aliphatic carboxylic acids is 1. The Labute approximate surface area is 128 Å². The molecule has 1 unspecified atom stereocenters. The van der Waals surface area contributed by atoms with Crippen molar-refractivity contribution in [3.63, 3.8) is 0 Å². The zero-order valence-electron chi connectivity index (χ0n) is 12.1. The first-order valence-corrected chi connectivity index (χ1v) is 8.18. The lowest BCUT2D eigenvalue weighted by molar-refractivity contribution is -0.137. The van der Waals surface area contributed by atoms with Gasteiger partial charge in [0, 0.05) is 17.4 Å². The minimum atomic E-state index is -0.729. The second-order valence-corrected chi connectivity index (χ2v) is 6.57. The molecule has 2 heterocycles. The van der Waals surface area contributed by atoms with Crippen molar-refractivity contribution in [3.8, 4) is 0 Å². The predicted octanol–water partition coefficient (Wildman–Crippen LogP) is 0.156. The predicted molar refractivity (Wildman–Crippen MR) is 80.4 cm³/mol. The molecule has 0 aromatic heterocycles. The maximum absolute atomic E-state index is 11.1. The first-order valence-electron chi connectivity index (χ1n) is 7.13. The number of carboxylic acids is 1. The lowest BCUT2D eigenvalue weighted by atomic mass is 10.0. The lowest BCUT2D eigenvalue weighted by Crippen LogP contribution is -2.36. The molecule has 0 spiro atoms. The standard InChI is InChI=1S/C10H16N2O3S.C3H8O2/c13-8(14)4-2-1-3-7-9-6(5-16-7)11-10(15)12-9;1-3(5)2-4/h6-7,9H,1-5H2,(H,13,14)(H2,11,12,15);3-5H,2H2,1H3/t6-,7-,9-;/m0./s1. The number of fused-ring (bicyclic) bond motifs is 1. The van der Waals surface area contributed by atoms with Gasteiger partial charge in [0.15, 0.2) is 0 Å². The second kappa shape index (κ2) is 9.11. The summed E-state index contributed by atoms with van der Waals surface area (Å²) in [5, 5.41) is 30.8. The third-order valence-electron chi connectivity index (χ3n) is 3.33. The molecule has 122 valence electrons. The van der Waals surface area contributed by atoms with Gasteiger partial charge in [0.25, 0.3) is 0 Å². The minimum Gasteiger partial charge on any atom is -0.481 e. The number of hydrogen-bond acceptors (Lipinski definition) is 5. The molecule has 0 aromatic rings. The average Bonchev–Trinajstić information content (AvgIpc) is 2.95. The number of unbranched alkanes of at least 4 members (excludes halogenated alkanes) is 1. The van der Waals surface area contributed by atoms with Crippen LogP contribution in [0.2, 0.25) is 0 Å². The van der Waals surface area contributed by atoms with Crippen LogP contribution in [0.4, 0.5) is 4.79 Å². The van der Waals surface area contributed by atoms with E-state index in [4.69, 9.17) is 15.3 Å². The van der Waals surface area contributed by atoms with Gasteiger partial charge in [0.1, 0.15) is 0 Å². The molecule has 2 amide bonds. The van der Waals surface area contributed by atoms with E-state index in [1.807, 2.05) is 11.8 Å². The average molecular weight is 320 g/mol. The quantitative estimate of drug-likeness (QED) is 0.351. The van der Waals surface area contributed by atoms with Gasteiger partial charge in [-0.2, -0.15) is 11.8 Å². The summed E-state index contributed by atoms with van der Waals surface area (Å²) in [6.45, 7) is 1.39. The van der Waals surface area contributed by atoms with Crippen molar-refractivity contribution < 1.29 is 24.9 Å². The van der Waals surface area contributed by atoms with Crippen LogP contribution in [0.5, 0.6) is 0 Å². The summed E-state index contributed by atoms with van der Waals surface area (Å²) >= 11 is 1.87. The van der Waals surface area contributed by atoms with Gasteiger partial charge in [-0.25, -0.2) is 4.79 Å². The smallest absolute Gasteiger partial charge is 0.315 e. The number of amides is 2. The molecule has 0 radical (unpaired) electrons. The van der Waals surface area contributed by atoms with Crippen LogP contribution in [-0.4, -0.2) is 63.1 Å². The van der Waals surface area contributed by atoms with Gasteiger partial charge in [-0.05, 0) is 19.8 Å². The van der Waals surface area contributed by atoms with E-state index in [0.717, 1.165) is 25.0 Å². The van der Waals surface area contributed by atoms with E-state index in [0.29, 0.717) is 5.25 Å². The maximum Gasteiger partial charge on any atom is 0.315 e. The Kier molecular flexibility index (Phi) is 7.84. The van der Waals surface area contributed by atoms with E-state index >= 15 is 0 Å². The van der Waals surface area contributed by atoms with Crippen molar-refractivity contribution >= 4 is 23.8 Å². The molecule has 2 fully saturated rings. The largest absolute Gasteiger partial charge is 0.481 e. The third-order valence-corrected chi connectivity index (χ3v) is 4.84. The van der Waals surface area contributed by atoms with Gasteiger partial charge in [0.05, 0.1) is 24.8 Å². The molecule has 2 aliphatic rings. The summed E-state index contributed by atoms with van der Waals surface area (Å²) in [4.78, 5) is 21.5. The molecule has 2 saturated heterocycles. The zero-order chi connectivity index (χ0) is 15.8. The zero-order valence-corrected chi connectivity index (χ0v) is 12.9. The van der Waals surface area contributed by atoms with E-state index in [2.05, 4.69) is 10.6 Å². The number of carboxylic acid groups (broad SMARTS) is 1. The topological polar surface area (TPSA) is 119 Å². The van der Waals surface area contributed by atoms with E-state index in [1.165, 1.54) is 6.92 Å². The molecule has 7 nitrogen and oxygen atoms in total. The van der Waals surface area contributed by atoms with Crippen LogP contribution < -0.4 is 10.6 Å². The first-order chi connectivity index (χ1) is 9.93. The highest BCUT2D eigenvalue weighted by Crippen LogP contribution is 2.33. The number of aliphatic hydroxyl groups is 2. The Hall–Kier alpha value is -0.990. The highest BCUT2D eigenvalue weighted by Gasteiger charge is 2.42. The van der Waals surface area contributed by atoms with Crippen molar-refractivity contribution in [2.24, 2.45) is 0 Å². The SMILES string of the molecule is CC(O)CO.O=C(O)CCCC[C@@H]1SC[C@@H]2NC(=O)N[C@@H]21.